The first-order valence-electron chi connectivity index (χ1n) is 5.92. The number of hydrogen-bond acceptors (Lipinski definition) is 3. The van der Waals surface area contributed by atoms with Crippen LogP contribution < -0.4 is 5.32 Å². The molecule has 2 heterocycles. The Balaban J connectivity index is 1.92. The van der Waals surface area contributed by atoms with E-state index in [1.807, 2.05) is 4.90 Å². The second kappa shape index (κ2) is 4.94. The molecule has 0 aromatic rings. The van der Waals surface area contributed by atoms with Crippen LogP contribution in [0, 0.1) is 0 Å². The van der Waals surface area contributed by atoms with Gasteiger partial charge < -0.3 is 15.0 Å². The molecule has 0 aromatic carbocycles. The molecule has 2 aliphatic rings. The Morgan fingerprint density at radius 2 is 2.33 bits per heavy atom. The number of carbonyl (C=O) groups excluding carboxylic acids is 1. The predicted molar refractivity (Wildman–Crippen MR) is 57.6 cm³/mol. The third kappa shape index (κ3) is 2.49. The van der Waals surface area contributed by atoms with Gasteiger partial charge in [-0.25, -0.2) is 0 Å². The maximum Gasteiger partial charge on any atom is 0.253 e. The van der Waals surface area contributed by atoms with Gasteiger partial charge in [0.2, 0.25) is 0 Å². The second-order valence-corrected chi connectivity index (χ2v) is 4.44. The fraction of sp³-hybridized carbons (Fsp3) is 0.909. The molecule has 4 heteroatoms. The van der Waals surface area contributed by atoms with E-state index in [1.165, 1.54) is 6.42 Å². The van der Waals surface area contributed by atoms with E-state index in [4.69, 9.17) is 4.74 Å². The van der Waals surface area contributed by atoms with Crippen LogP contribution >= 0.6 is 0 Å². The van der Waals surface area contributed by atoms with Crippen LogP contribution in [0.1, 0.15) is 26.2 Å². The smallest absolute Gasteiger partial charge is 0.253 e. The van der Waals surface area contributed by atoms with E-state index in [9.17, 15) is 4.79 Å². The van der Waals surface area contributed by atoms with Crippen LogP contribution in [0.2, 0.25) is 0 Å². The average molecular weight is 212 g/mol. The maximum absolute atomic E-state index is 12.1. The lowest BCUT2D eigenvalue weighted by atomic mass is 10.0. The van der Waals surface area contributed by atoms with Crippen molar-refractivity contribution >= 4 is 5.91 Å². The van der Waals surface area contributed by atoms with Crippen LogP contribution in [0.25, 0.3) is 0 Å². The molecule has 2 fully saturated rings. The fourth-order valence-corrected chi connectivity index (χ4v) is 2.33. The summed E-state index contributed by atoms with van der Waals surface area (Å²) in [6, 6.07) is 0.386. The van der Waals surface area contributed by atoms with Gasteiger partial charge in [-0.3, -0.25) is 4.79 Å². The molecule has 0 spiro atoms. The Hall–Kier alpha value is -0.610. The Morgan fingerprint density at radius 3 is 3.00 bits per heavy atom. The van der Waals surface area contributed by atoms with Crippen molar-refractivity contribution in [3.8, 4) is 0 Å². The minimum atomic E-state index is -0.251. The Kier molecular flexibility index (Phi) is 3.59. The molecule has 0 aliphatic carbocycles. The standard InChI is InChI=1S/C11H20N2O2/c1-9-4-2-3-6-13(9)11(14)10-8-12-5-7-15-10/h9-10,12H,2-8H2,1H3. The van der Waals surface area contributed by atoms with Gasteiger partial charge >= 0.3 is 0 Å². The van der Waals surface area contributed by atoms with Gasteiger partial charge in [0, 0.05) is 25.7 Å². The number of ether oxygens (including phenoxy) is 1. The quantitative estimate of drug-likeness (QED) is 0.683. The molecule has 15 heavy (non-hydrogen) atoms. The van der Waals surface area contributed by atoms with Crippen molar-refractivity contribution in [2.45, 2.75) is 38.3 Å². The van der Waals surface area contributed by atoms with E-state index in [0.717, 1.165) is 25.9 Å². The molecule has 0 saturated carbocycles. The molecule has 2 unspecified atom stereocenters. The zero-order valence-electron chi connectivity index (χ0n) is 9.37. The van der Waals surface area contributed by atoms with Crippen molar-refractivity contribution in [2.24, 2.45) is 0 Å². The third-order valence-corrected chi connectivity index (χ3v) is 3.29. The number of nitrogens with zero attached hydrogens (tertiary/aromatic N) is 1. The van der Waals surface area contributed by atoms with Gasteiger partial charge in [-0.1, -0.05) is 0 Å². The monoisotopic (exact) mass is 212 g/mol. The molecular weight excluding hydrogens is 192 g/mol. The van der Waals surface area contributed by atoms with Crippen LogP contribution in [0.4, 0.5) is 0 Å². The first-order valence-corrected chi connectivity index (χ1v) is 5.92. The first kappa shape index (κ1) is 10.9. The topological polar surface area (TPSA) is 41.6 Å². The molecule has 2 atom stereocenters. The molecule has 2 aliphatic heterocycles. The van der Waals surface area contributed by atoms with Gasteiger partial charge in [0.1, 0.15) is 6.10 Å². The summed E-state index contributed by atoms with van der Waals surface area (Å²) in [5.74, 6) is 0.175. The van der Waals surface area contributed by atoms with Crippen molar-refractivity contribution in [2.75, 3.05) is 26.2 Å². The average Bonchev–Trinajstić information content (AvgIpc) is 2.30. The zero-order chi connectivity index (χ0) is 10.7. The lowest BCUT2D eigenvalue weighted by Gasteiger charge is -2.36. The molecular formula is C11H20N2O2. The minimum Gasteiger partial charge on any atom is -0.366 e. The largest absolute Gasteiger partial charge is 0.366 e. The van der Waals surface area contributed by atoms with Crippen molar-refractivity contribution in [3.05, 3.63) is 0 Å². The highest BCUT2D eigenvalue weighted by Gasteiger charge is 2.30. The predicted octanol–water partition coefficient (Wildman–Crippen LogP) is 0.376. The van der Waals surface area contributed by atoms with E-state index in [2.05, 4.69) is 12.2 Å². The summed E-state index contributed by atoms with van der Waals surface area (Å²) in [5.41, 5.74) is 0. The van der Waals surface area contributed by atoms with Crippen LogP contribution in [0.5, 0.6) is 0 Å². The van der Waals surface area contributed by atoms with E-state index in [0.29, 0.717) is 19.2 Å². The van der Waals surface area contributed by atoms with Crippen LogP contribution in [0.15, 0.2) is 0 Å². The van der Waals surface area contributed by atoms with Gasteiger partial charge in [-0.05, 0) is 26.2 Å². The highest BCUT2D eigenvalue weighted by molar-refractivity contribution is 5.81. The summed E-state index contributed by atoms with van der Waals surface area (Å²) in [4.78, 5) is 14.1. The normalized spacial score (nSPS) is 32.7. The van der Waals surface area contributed by atoms with E-state index >= 15 is 0 Å². The van der Waals surface area contributed by atoms with Crippen LogP contribution in [-0.2, 0) is 9.53 Å². The lowest BCUT2D eigenvalue weighted by molar-refractivity contribution is -0.148. The summed E-state index contributed by atoms with van der Waals surface area (Å²) < 4.78 is 5.49. The minimum absolute atomic E-state index is 0.175. The van der Waals surface area contributed by atoms with E-state index in [-0.39, 0.29) is 12.0 Å². The second-order valence-electron chi connectivity index (χ2n) is 4.44. The van der Waals surface area contributed by atoms with Gasteiger partial charge in [-0.15, -0.1) is 0 Å². The fourth-order valence-electron chi connectivity index (χ4n) is 2.33. The molecule has 1 N–H and O–H groups in total. The summed E-state index contributed by atoms with van der Waals surface area (Å²) in [5, 5.41) is 3.20. The van der Waals surface area contributed by atoms with Crippen molar-refractivity contribution < 1.29 is 9.53 Å². The van der Waals surface area contributed by atoms with Crippen molar-refractivity contribution in [1.82, 2.24) is 10.2 Å². The Morgan fingerprint density at radius 1 is 1.47 bits per heavy atom. The molecule has 86 valence electrons. The number of likely N-dealkylation sites (tertiary alicyclic amines) is 1. The number of piperidine rings is 1. The van der Waals surface area contributed by atoms with Gasteiger partial charge in [-0.2, -0.15) is 0 Å². The molecule has 2 saturated heterocycles. The maximum atomic E-state index is 12.1. The Bertz CT molecular complexity index is 227. The van der Waals surface area contributed by atoms with Gasteiger partial charge in [0.05, 0.1) is 6.61 Å². The van der Waals surface area contributed by atoms with Gasteiger partial charge in [0.25, 0.3) is 5.91 Å². The summed E-state index contributed by atoms with van der Waals surface area (Å²) in [6.45, 7) is 5.22. The zero-order valence-corrected chi connectivity index (χ0v) is 9.37. The molecule has 0 radical (unpaired) electrons. The van der Waals surface area contributed by atoms with Crippen LogP contribution in [-0.4, -0.2) is 49.2 Å². The highest BCUT2D eigenvalue weighted by atomic mass is 16.5. The summed E-state index contributed by atoms with van der Waals surface area (Å²) in [6.07, 6.45) is 3.26. The van der Waals surface area contributed by atoms with Crippen molar-refractivity contribution in [3.63, 3.8) is 0 Å². The van der Waals surface area contributed by atoms with E-state index < -0.39 is 0 Å². The third-order valence-electron chi connectivity index (χ3n) is 3.29. The van der Waals surface area contributed by atoms with Crippen LogP contribution in [0.3, 0.4) is 0 Å². The first-order chi connectivity index (χ1) is 7.29. The molecule has 0 bridgehead atoms. The molecule has 2 rings (SSSR count). The molecule has 0 aromatic heterocycles. The van der Waals surface area contributed by atoms with Crippen molar-refractivity contribution in [1.29, 1.82) is 0 Å². The number of amides is 1. The lowest BCUT2D eigenvalue weighted by Crippen LogP contribution is -2.53. The molecule has 1 amide bonds. The number of rotatable bonds is 1. The summed E-state index contributed by atoms with van der Waals surface area (Å²) in [7, 11) is 0. The SMILES string of the molecule is CC1CCCCN1C(=O)C1CNCCO1. The Labute approximate surface area is 91.0 Å². The number of carbonyl (C=O) groups is 1. The van der Waals surface area contributed by atoms with Gasteiger partial charge in [0.15, 0.2) is 0 Å². The number of nitrogens with one attached hydrogen (secondary N) is 1. The summed E-state index contributed by atoms with van der Waals surface area (Å²) >= 11 is 0. The number of hydrogen-bond donors (Lipinski definition) is 1. The molecule has 4 nitrogen and oxygen atoms in total. The highest BCUT2D eigenvalue weighted by Crippen LogP contribution is 2.18. The number of morpholine rings is 1. The van der Waals surface area contributed by atoms with E-state index in [1.54, 1.807) is 0 Å².